The number of nitrogens with zero attached hydrogens (tertiary/aromatic N) is 1. The molecule has 1 aromatic heterocycles. The zero-order valence-corrected chi connectivity index (χ0v) is 9.30. The molecule has 1 heterocycles. The zero-order valence-electron chi connectivity index (χ0n) is 9.30. The lowest BCUT2D eigenvalue weighted by atomic mass is 9.90. The molecule has 1 atom stereocenters. The third-order valence-corrected chi connectivity index (χ3v) is 2.69. The van der Waals surface area contributed by atoms with Gasteiger partial charge in [0, 0.05) is 18.8 Å². The lowest BCUT2D eigenvalue weighted by molar-refractivity contribution is 0.0575. The molecule has 0 spiro atoms. The Morgan fingerprint density at radius 3 is 2.31 bits per heavy atom. The number of hydrogen-bond acceptors (Lipinski definition) is 2. The average molecular weight is 213 g/mol. The lowest BCUT2D eigenvalue weighted by Crippen LogP contribution is -2.24. The van der Waals surface area contributed by atoms with Gasteiger partial charge in [0.2, 0.25) is 0 Å². The summed E-state index contributed by atoms with van der Waals surface area (Å²) < 4.78 is 0. The van der Waals surface area contributed by atoms with Gasteiger partial charge in [-0.15, -0.1) is 0 Å². The fourth-order valence-electron chi connectivity index (χ4n) is 1.81. The van der Waals surface area contributed by atoms with E-state index in [2.05, 4.69) is 4.98 Å². The summed E-state index contributed by atoms with van der Waals surface area (Å²) in [6.07, 6.45) is 4.02. The van der Waals surface area contributed by atoms with E-state index in [1.165, 1.54) is 0 Å². The van der Waals surface area contributed by atoms with Crippen molar-refractivity contribution < 1.29 is 5.11 Å². The SMILES string of the molecule is CC(O)(Cc1ccccc1)c1ccncc1. The minimum atomic E-state index is -0.843. The maximum Gasteiger partial charge on any atom is 0.0909 e. The number of rotatable bonds is 3. The number of benzene rings is 1. The van der Waals surface area contributed by atoms with Gasteiger partial charge < -0.3 is 5.11 Å². The van der Waals surface area contributed by atoms with Crippen LogP contribution < -0.4 is 0 Å². The molecule has 2 heteroatoms. The third kappa shape index (κ3) is 2.47. The Balaban J connectivity index is 2.21. The Morgan fingerprint density at radius 2 is 1.69 bits per heavy atom. The average Bonchev–Trinajstić information content (AvgIpc) is 2.31. The molecule has 0 radical (unpaired) electrons. The highest BCUT2D eigenvalue weighted by atomic mass is 16.3. The van der Waals surface area contributed by atoms with E-state index in [1.807, 2.05) is 49.4 Å². The van der Waals surface area contributed by atoms with Crippen molar-refractivity contribution in [2.75, 3.05) is 0 Å². The fraction of sp³-hybridized carbons (Fsp3) is 0.214. The molecule has 1 aromatic carbocycles. The van der Waals surface area contributed by atoms with E-state index < -0.39 is 5.60 Å². The molecule has 2 rings (SSSR count). The largest absolute Gasteiger partial charge is 0.385 e. The van der Waals surface area contributed by atoms with E-state index in [9.17, 15) is 5.11 Å². The van der Waals surface area contributed by atoms with Gasteiger partial charge in [0.05, 0.1) is 5.60 Å². The second kappa shape index (κ2) is 4.45. The summed E-state index contributed by atoms with van der Waals surface area (Å²) in [5.74, 6) is 0. The molecule has 0 aliphatic carbocycles. The highest BCUT2D eigenvalue weighted by Crippen LogP contribution is 2.24. The summed E-state index contributed by atoms with van der Waals surface area (Å²) in [7, 11) is 0. The van der Waals surface area contributed by atoms with Crippen molar-refractivity contribution in [1.82, 2.24) is 4.98 Å². The van der Waals surface area contributed by atoms with Crippen LogP contribution >= 0.6 is 0 Å². The summed E-state index contributed by atoms with van der Waals surface area (Å²) in [5, 5.41) is 10.4. The van der Waals surface area contributed by atoms with Crippen LogP contribution in [0.3, 0.4) is 0 Å². The minimum Gasteiger partial charge on any atom is -0.385 e. The van der Waals surface area contributed by atoms with Crippen molar-refractivity contribution in [2.45, 2.75) is 18.9 Å². The van der Waals surface area contributed by atoms with E-state index in [0.717, 1.165) is 11.1 Å². The molecule has 0 aliphatic rings. The van der Waals surface area contributed by atoms with Crippen molar-refractivity contribution in [1.29, 1.82) is 0 Å². The van der Waals surface area contributed by atoms with Crippen LogP contribution in [0.4, 0.5) is 0 Å². The first-order chi connectivity index (χ1) is 7.68. The molecule has 82 valence electrons. The Morgan fingerprint density at radius 1 is 1.06 bits per heavy atom. The summed E-state index contributed by atoms with van der Waals surface area (Å²) in [6, 6.07) is 13.7. The number of aromatic nitrogens is 1. The third-order valence-electron chi connectivity index (χ3n) is 2.69. The Kier molecular flexibility index (Phi) is 3.02. The molecular weight excluding hydrogens is 198 g/mol. The quantitative estimate of drug-likeness (QED) is 0.850. The number of aliphatic hydroxyl groups is 1. The summed E-state index contributed by atoms with van der Waals surface area (Å²) >= 11 is 0. The van der Waals surface area contributed by atoms with Gasteiger partial charge >= 0.3 is 0 Å². The predicted octanol–water partition coefficient (Wildman–Crippen LogP) is 2.53. The highest BCUT2D eigenvalue weighted by molar-refractivity contribution is 5.24. The van der Waals surface area contributed by atoms with Crippen LogP contribution in [0.5, 0.6) is 0 Å². The lowest BCUT2D eigenvalue weighted by Gasteiger charge is -2.23. The van der Waals surface area contributed by atoms with Crippen LogP contribution in [0.25, 0.3) is 0 Å². The summed E-state index contributed by atoms with van der Waals surface area (Å²) in [6.45, 7) is 1.83. The second-order valence-corrected chi connectivity index (χ2v) is 4.17. The monoisotopic (exact) mass is 213 g/mol. The Labute approximate surface area is 95.6 Å². The van der Waals surface area contributed by atoms with Gasteiger partial charge in [-0.25, -0.2) is 0 Å². The van der Waals surface area contributed by atoms with Gasteiger partial charge in [0.1, 0.15) is 0 Å². The van der Waals surface area contributed by atoms with Gasteiger partial charge in [-0.05, 0) is 30.2 Å². The van der Waals surface area contributed by atoms with Crippen molar-refractivity contribution in [3.8, 4) is 0 Å². The Bertz CT molecular complexity index is 437. The van der Waals surface area contributed by atoms with Gasteiger partial charge in [-0.1, -0.05) is 30.3 Å². The van der Waals surface area contributed by atoms with E-state index in [-0.39, 0.29) is 0 Å². The first-order valence-electron chi connectivity index (χ1n) is 5.35. The molecule has 0 fully saturated rings. The van der Waals surface area contributed by atoms with E-state index >= 15 is 0 Å². The molecule has 1 unspecified atom stereocenters. The molecule has 0 saturated carbocycles. The Hall–Kier alpha value is -1.67. The maximum atomic E-state index is 10.4. The van der Waals surface area contributed by atoms with Crippen molar-refractivity contribution in [3.05, 3.63) is 66.0 Å². The highest BCUT2D eigenvalue weighted by Gasteiger charge is 2.22. The predicted molar refractivity (Wildman–Crippen MR) is 64.0 cm³/mol. The first-order valence-corrected chi connectivity index (χ1v) is 5.35. The summed E-state index contributed by atoms with van der Waals surface area (Å²) in [5.41, 5.74) is 1.18. The number of hydrogen-bond donors (Lipinski definition) is 1. The normalized spacial score (nSPS) is 14.4. The molecule has 0 amide bonds. The molecule has 1 N–H and O–H groups in total. The molecule has 0 aliphatic heterocycles. The standard InChI is InChI=1S/C14H15NO/c1-14(16,13-7-9-15-10-8-13)11-12-5-3-2-4-6-12/h2-10,16H,11H2,1H3. The molecule has 0 saturated heterocycles. The maximum absolute atomic E-state index is 10.4. The van der Waals surface area contributed by atoms with E-state index in [4.69, 9.17) is 0 Å². The van der Waals surface area contributed by atoms with Crippen molar-refractivity contribution in [3.63, 3.8) is 0 Å². The van der Waals surface area contributed by atoms with Crippen LogP contribution in [0.2, 0.25) is 0 Å². The summed E-state index contributed by atoms with van der Waals surface area (Å²) in [4.78, 5) is 3.95. The second-order valence-electron chi connectivity index (χ2n) is 4.17. The van der Waals surface area contributed by atoms with Gasteiger partial charge in [-0.3, -0.25) is 4.98 Å². The first kappa shape index (κ1) is 10.8. The van der Waals surface area contributed by atoms with Gasteiger partial charge in [0.25, 0.3) is 0 Å². The van der Waals surface area contributed by atoms with Crippen molar-refractivity contribution >= 4 is 0 Å². The zero-order chi connectivity index (χ0) is 11.4. The van der Waals surface area contributed by atoms with Gasteiger partial charge in [-0.2, -0.15) is 0 Å². The fourth-order valence-corrected chi connectivity index (χ4v) is 1.81. The molecular formula is C14H15NO. The molecule has 0 bridgehead atoms. The van der Waals surface area contributed by atoms with Crippen LogP contribution in [0, 0.1) is 0 Å². The smallest absolute Gasteiger partial charge is 0.0909 e. The van der Waals surface area contributed by atoms with Crippen LogP contribution in [0.15, 0.2) is 54.9 Å². The minimum absolute atomic E-state index is 0.609. The molecule has 2 nitrogen and oxygen atoms in total. The van der Waals surface area contributed by atoms with E-state index in [0.29, 0.717) is 6.42 Å². The number of pyridine rings is 1. The topological polar surface area (TPSA) is 33.1 Å². The molecule has 16 heavy (non-hydrogen) atoms. The van der Waals surface area contributed by atoms with Crippen molar-refractivity contribution in [2.24, 2.45) is 0 Å². The van der Waals surface area contributed by atoms with Crippen LogP contribution in [0.1, 0.15) is 18.1 Å². The van der Waals surface area contributed by atoms with Gasteiger partial charge in [0.15, 0.2) is 0 Å². The van der Waals surface area contributed by atoms with Crippen LogP contribution in [-0.2, 0) is 12.0 Å². The van der Waals surface area contributed by atoms with E-state index in [1.54, 1.807) is 12.4 Å². The molecule has 2 aromatic rings. The van der Waals surface area contributed by atoms with Crippen LogP contribution in [-0.4, -0.2) is 10.1 Å².